The summed E-state index contributed by atoms with van der Waals surface area (Å²) in [6, 6.07) is 13.0. The van der Waals surface area contributed by atoms with Crippen molar-refractivity contribution in [3.05, 3.63) is 59.7 Å². The summed E-state index contributed by atoms with van der Waals surface area (Å²) in [6.07, 6.45) is 86.1. The van der Waals surface area contributed by atoms with Gasteiger partial charge in [0.2, 0.25) is 0 Å². The molecule has 6 nitrogen and oxygen atoms in total. The topological polar surface area (TPSA) is 114 Å². The van der Waals surface area contributed by atoms with Crippen LogP contribution in [-0.4, -0.2) is 63.7 Å². The van der Waals surface area contributed by atoms with Crippen LogP contribution in [0.2, 0.25) is 0 Å². The molecule has 0 heterocycles. The van der Waals surface area contributed by atoms with E-state index in [1.165, 1.54) is 397 Å². The van der Waals surface area contributed by atoms with Gasteiger partial charge in [-0.05, 0) is 61.1 Å². The van der Waals surface area contributed by atoms with Crippen LogP contribution in [0.1, 0.15) is 410 Å². The van der Waals surface area contributed by atoms with Crippen molar-refractivity contribution >= 4 is 58.0 Å². The summed E-state index contributed by atoms with van der Waals surface area (Å²) in [4.78, 5) is -0.212. The van der Waals surface area contributed by atoms with Gasteiger partial charge < -0.3 is 9.11 Å². The van der Waals surface area contributed by atoms with Crippen LogP contribution in [0.4, 0.5) is 0 Å². The smallest absolute Gasteiger partial charge is 0.744 e. The number of rotatable bonds is 64. The van der Waals surface area contributed by atoms with Gasteiger partial charge in [-0.2, -0.15) is 0 Å². The van der Waals surface area contributed by atoms with Gasteiger partial charge in [-0.25, -0.2) is 16.8 Å². The van der Waals surface area contributed by atoms with E-state index in [-0.39, 0.29) is 47.5 Å². The van der Waals surface area contributed by atoms with Gasteiger partial charge in [0.25, 0.3) is 0 Å². The summed E-state index contributed by atoms with van der Waals surface area (Å²) < 4.78 is 66.8. The molecule has 492 valence electrons. The molecule has 0 fully saturated rings. The van der Waals surface area contributed by atoms with Crippen LogP contribution in [0.25, 0.3) is 0 Å². The minimum atomic E-state index is -4.35. The molecule has 0 saturated carbocycles. The van der Waals surface area contributed by atoms with Gasteiger partial charge in [-0.1, -0.05) is 411 Å². The third-order valence-electron chi connectivity index (χ3n) is 18.0. The molecule has 0 aliphatic carbocycles. The Kier molecular flexibility index (Phi) is 64.7. The Hall–Kier alpha value is -0.480. The first-order chi connectivity index (χ1) is 41.1. The largest absolute Gasteiger partial charge is 2.00 e. The molecule has 0 amide bonds. The Bertz CT molecular complexity index is 1750. The van der Waals surface area contributed by atoms with Crippen LogP contribution in [0.5, 0.6) is 0 Å². The number of aryl methyl sites for hydroxylation is 2. The van der Waals surface area contributed by atoms with Gasteiger partial charge in [0.05, 0.1) is 9.79 Å². The molecule has 85 heavy (non-hydrogen) atoms. The molecule has 0 aliphatic heterocycles. The maximum atomic E-state index is 11.1. The Balaban J connectivity index is 0.00000164. The standard InChI is InChI=1S/2C38H70O3S.Ca/c2*1-2-3-4-5-6-7-8-9-10-11-12-13-14-15-16-17-18-19-20-21-22-23-24-25-26-27-28-29-30-31-33-37-34-32-35-38(36-37)42(39,40)41;/h2*32,34-36H,2-31,33H2,1H3,(H,39,40,41);/q;;+2/p-2. The molecule has 0 N–H and O–H groups in total. The average Bonchev–Trinajstić information content (AvgIpc) is 3.66. The minimum Gasteiger partial charge on any atom is -0.744 e. The van der Waals surface area contributed by atoms with Crippen molar-refractivity contribution in [1.82, 2.24) is 0 Å². The van der Waals surface area contributed by atoms with Gasteiger partial charge in [0.15, 0.2) is 0 Å². The summed E-state index contributed by atoms with van der Waals surface area (Å²) in [7, 11) is -8.69. The molecule has 0 atom stereocenters. The molecule has 2 aromatic carbocycles. The Morgan fingerprint density at radius 3 is 0.518 bits per heavy atom. The fraction of sp³-hybridized carbons (Fsp3) is 0.842. The summed E-state index contributed by atoms with van der Waals surface area (Å²) in [6.45, 7) is 4.60. The molecule has 0 aromatic heterocycles. The number of hydrogen-bond donors (Lipinski definition) is 0. The third kappa shape index (κ3) is 60.8. The predicted molar refractivity (Wildman–Crippen MR) is 370 cm³/mol. The van der Waals surface area contributed by atoms with Gasteiger partial charge >= 0.3 is 37.7 Å². The molecule has 0 aliphatic rings. The van der Waals surface area contributed by atoms with Crippen molar-refractivity contribution in [2.75, 3.05) is 0 Å². The zero-order chi connectivity index (χ0) is 60.8. The van der Waals surface area contributed by atoms with Crippen molar-refractivity contribution in [3.8, 4) is 0 Å². The van der Waals surface area contributed by atoms with E-state index in [0.29, 0.717) is 0 Å². The van der Waals surface area contributed by atoms with Crippen LogP contribution in [0.15, 0.2) is 58.3 Å². The van der Waals surface area contributed by atoms with Crippen LogP contribution in [0.3, 0.4) is 0 Å². The van der Waals surface area contributed by atoms with Crippen molar-refractivity contribution < 1.29 is 25.9 Å². The van der Waals surface area contributed by atoms with Crippen molar-refractivity contribution in [1.29, 1.82) is 0 Å². The normalized spacial score (nSPS) is 11.7. The molecule has 9 heteroatoms. The molecule has 0 unspecified atom stereocenters. The SMILES string of the molecule is CCCCCCCCCCCCCCCCCCCCCCCCCCCCCCCCc1cccc(S(=O)(=O)[O-])c1.CCCCCCCCCCCCCCCCCCCCCCCCCCCCCCCCc1cccc(S(=O)(=O)[O-])c1.[Ca+2]. The fourth-order valence-electron chi connectivity index (χ4n) is 12.4. The Morgan fingerprint density at radius 1 is 0.235 bits per heavy atom. The molecular weight excluding hydrogens is 1110 g/mol. The number of hydrogen-bond acceptors (Lipinski definition) is 6. The van der Waals surface area contributed by atoms with E-state index in [1.807, 2.05) is 12.1 Å². The van der Waals surface area contributed by atoms with Crippen LogP contribution in [0, 0.1) is 0 Å². The quantitative estimate of drug-likeness (QED) is 0.0370. The molecule has 2 aromatic rings. The van der Waals surface area contributed by atoms with E-state index in [4.69, 9.17) is 0 Å². The van der Waals surface area contributed by atoms with E-state index in [2.05, 4.69) is 13.8 Å². The van der Waals surface area contributed by atoms with E-state index < -0.39 is 20.2 Å². The molecule has 0 saturated heterocycles. The van der Waals surface area contributed by atoms with Crippen LogP contribution in [-0.2, 0) is 33.1 Å². The van der Waals surface area contributed by atoms with Crippen LogP contribution >= 0.6 is 0 Å². The van der Waals surface area contributed by atoms with Crippen molar-refractivity contribution in [2.24, 2.45) is 0 Å². The second-order valence-corrected chi connectivity index (χ2v) is 29.0. The third-order valence-corrected chi connectivity index (χ3v) is 19.7. The maximum Gasteiger partial charge on any atom is 2.00 e. The van der Waals surface area contributed by atoms with Gasteiger partial charge in [-0.15, -0.1) is 0 Å². The van der Waals surface area contributed by atoms with Gasteiger partial charge in [0, 0.05) is 0 Å². The van der Waals surface area contributed by atoms with E-state index in [9.17, 15) is 25.9 Å². The van der Waals surface area contributed by atoms with E-state index in [0.717, 1.165) is 36.8 Å². The first-order valence-electron chi connectivity index (χ1n) is 37.2. The number of benzene rings is 2. The Labute approximate surface area is 560 Å². The summed E-state index contributed by atoms with van der Waals surface area (Å²) in [5.41, 5.74) is 1.90. The van der Waals surface area contributed by atoms with E-state index >= 15 is 0 Å². The minimum absolute atomic E-state index is 0. The zero-order valence-corrected chi connectivity index (χ0v) is 60.3. The van der Waals surface area contributed by atoms with Gasteiger partial charge in [0.1, 0.15) is 20.2 Å². The van der Waals surface area contributed by atoms with Crippen molar-refractivity contribution in [3.63, 3.8) is 0 Å². The molecule has 0 radical (unpaired) electrons. The number of unbranched alkanes of at least 4 members (excludes halogenated alkanes) is 58. The van der Waals surface area contributed by atoms with E-state index in [1.54, 1.807) is 12.1 Å². The zero-order valence-electron chi connectivity index (χ0n) is 56.4. The fourth-order valence-corrected chi connectivity index (χ4v) is 13.5. The molecular formula is C76H138CaO6S2. The first kappa shape index (κ1) is 84.5. The maximum absolute atomic E-state index is 11.1. The Morgan fingerprint density at radius 2 is 0.376 bits per heavy atom. The summed E-state index contributed by atoms with van der Waals surface area (Å²) in [5.74, 6) is 0. The first-order valence-corrected chi connectivity index (χ1v) is 40.0. The van der Waals surface area contributed by atoms with Crippen LogP contribution < -0.4 is 0 Å². The van der Waals surface area contributed by atoms with Gasteiger partial charge in [-0.3, -0.25) is 0 Å². The predicted octanol–water partition coefficient (Wildman–Crippen LogP) is 25.3. The molecule has 2 rings (SSSR count). The summed E-state index contributed by atoms with van der Waals surface area (Å²) >= 11 is 0. The second-order valence-electron chi connectivity index (χ2n) is 26.2. The molecule has 0 spiro atoms. The summed E-state index contributed by atoms with van der Waals surface area (Å²) in [5, 5.41) is 0. The molecule has 0 bridgehead atoms. The monoisotopic (exact) mass is 1250 g/mol. The average molecular weight is 1250 g/mol. The van der Waals surface area contributed by atoms with Crippen molar-refractivity contribution in [2.45, 2.75) is 422 Å². The second kappa shape index (κ2) is 65.0.